The van der Waals surface area contributed by atoms with E-state index in [9.17, 15) is 9.59 Å². The number of para-hydroxylation sites is 1. The molecule has 0 bridgehead atoms. The van der Waals surface area contributed by atoms with E-state index in [4.69, 9.17) is 14.5 Å². The van der Waals surface area contributed by atoms with Crippen LogP contribution >= 0.6 is 11.8 Å². The van der Waals surface area contributed by atoms with Crippen LogP contribution in [0.5, 0.6) is 0 Å². The second-order valence-electron chi connectivity index (χ2n) is 6.87. The number of amides is 1. The first-order chi connectivity index (χ1) is 14.7. The van der Waals surface area contributed by atoms with Gasteiger partial charge in [-0.2, -0.15) is 0 Å². The summed E-state index contributed by atoms with van der Waals surface area (Å²) < 4.78 is 9.86. The van der Waals surface area contributed by atoms with Crippen molar-refractivity contribution in [1.82, 2.24) is 9.80 Å². The molecule has 8 heteroatoms. The highest BCUT2D eigenvalue weighted by Crippen LogP contribution is 2.40. The average molecular weight is 426 g/mol. The Morgan fingerprint density at radius 3 is 2.43 bits per heavy atom. The smallest absolute Gasteiger partial charge is 0.412 e. The summed E-state index contributed by atoms with van der Waals surface area (Å²) in [4.78, 5) is 34.5. The number of rotatable bonds is 3. The van der Waals surface area contributed by atoms with Crippen molar-refractivity contribution < 1.29 is 19.1 Å². The van der Waals surface area contributed by atoms with Crippen LogP contribution in [0.4, 0.5) is 10.5 Å². The molecule has 0 atom stereocenters. The quantitative estimate of drug-likeness (QED) is 0.549. The van der Waals surface area contributed by atoms with Gasteiger partial charge >= 0.3 is 12.1 Å². The highest BCUT2D eigenvalue weighted by atomic mass is 32.2. The molecule has 0 unspecified atom stereocenters. The van der Waals surface area contributed by atoms with E-state index in [0.29, 0.717) is 26.2 Å². The summed E-state index contributed by atoms with van der Waals surface area (Å²) in [5.41, 5.74) is 2.05. The fourth-order valence-corrected chi connectivity index (χ4v) is 4.37. The van der Waals surface area contributed by atoms with Crippen LogP contribution in [-0.4, -0.2) is 60.7 Å². The minimum absolute atomic E-state index is 0.251. The Morgan fingerprint density at radius 2 is 1.67 bits per heavy atom. The average Bonchev–Trinajstić information content (AvgIpc) is 2.95. The molecule has 4 rings (SSSR count). The molecule has 30 heavy (non-hydrogen) atoms. The number of benzene rings is 2. The molecular formula is C22H23N3O4S. The normalized spacial score (nSPS) is 15.4. The maximum atomic E-state index is 12.2. The molecule has 2 heterocycles. The van der Waals surface area contributed by atoms with Crippen LogP contribution < -0.4 is 0 Å². The Hall–Kier alpha value is -3.00. The Labute approximate surface area is 179 Å². The second-order valence-corrected chi connectivity index (χ2v) is 7.96. The molecule has 1 saturated heterocycles. The van der Waals surface area contributed by atoms with Crippen molar-refractivity contribution in [1.29, 1.82) is 0 Å². The minimum Gasteiger partial charge on any atom is -0.428 e. The van der Waals surface area contributed by atoms with Gasteiger partial charge in [0.05, 0.1) is 5.69 Å². The van der Waals surface area contributed by atoms with Crippen LogP contribution in [0.3, 0.4) is 0 Å². The Bertz CT molecular complexity index is 970. The zero-order valence-electron chi connectivity index (χ0n) is 16.7. The zero-order chi connectivity index (χ0) is 20.9. The van der Waals surface area contributed by atoms with Gasteiger partial charge in [-0.05, 0) is 18.2 Å². The van der Waals surface area contributed by atoms with E-state index in [-0.39, 0.29) is 13.2 Å². The summed E-state index contributed by atoms with van der Waals surface area (Å²) in [6.07, 6.45) is -0.219. The number of nitrogens with zero attached hydrogens (tertiary/aromatic N) is 3. The van der Waals surface area contributed by atoms with E-state index in [1.807, 2.05) is 30.3 Å². The molecule has 0 aliphatic carbocycles. The third kappa shape index (κ3) is 4.43. The number of hydrogen-bond donors (Lipinski definition) is 0. The highest BCUT2D eigenvalue weighted by Gasteiger charge is 2.27. The first-order valence-corrected chi connectivity index (χ1v) is 10.7. The molecular weight excluding hydrogens is 402 g/mol. The van der Waals surface area contributed by atoms with Crippen molar-refractivity contribution in [3.63, 3.8) is 0 Å². The van der Waals surface area contributed by atoms with Crippen molar-refractivity contribution in [2.45, 2.75) is 23.1 Å². The number of piperazine rings is 1. The molecule has 0 radical (unpaired) electrons. The monoisotopic (exact) mass is 425 g/mol. The summed E-state index contributed by atoms with van der Waals surface area (Å²) in [7, 11) is 0. The van der Waals surface area contributed by atoms with Gasteiger partial charge < -0.3 is 19.3 Å². The maximum Gasteiger partial charge on any atom is 0.412 e. The Balaban J connectivity index is 1.46. The van der Waals surface area contributed by atoms with Crippen LogP contribution in [0, 0.1) is 0 Å². The standard InChI is InChI=1S/C22H23N3O4S/c1-2-20(26)28-15-29-22(27)25-13-11-24(12-14-25)21-16-7-3-5-9-18(16)30-19-10-6-4-8-17(19)23-21/h3-10H,2,11-15H2,1H3. The molecule has 2 aliphatic heterocycles. The number of carbonyl (C=O) groups is 2. The van der Waals surface area contributed by atoms with Crippen molar-refractivity contribution in [3.8, 4) is 0 Å². The molecule has 2 aliphatic rings. The molecule has 7 nitrogen and oxygen atoms in total. The lowest BCUT2D eigenvalue weighted by Gasteiger charge is -2.36. The molecule has 0 saturated carbocycles. The number of aliphatic imine (C=N–C) groups is 1. The summed E-state index contributed by atoms with van der Waals surface area (Å²) in [5.74, 6) is 0.531. The van der Waals surface area contributed by atoms with E-state index in [2.05, 4.69) is 23.1 Å². The molecule has 2 aromatic rings. The summed E-state index contributed by atoms with van der Waals surface area (Å²) in [6.45, 7) is 3.65. The van der Waals surface area contributed by atoms with E-state index >= 15 is 0 Å². The number of carbonyl (C=O) groups excluding carboxylic acids is 2. The zero-order valence-corrected chi connectivity index (χ0v) is 17.6. The summed E-state index contributed by atoms with van der Waals surface area (Å²) in [6, 6.07) is 16.4. The fraction of sp³-hybridized carbons (Fsp3) is 0.318. The van der Waals surface area contributed by atoms with Crippen molar-refractivity contribution in [3.05, 3.63) is 54.1 Å². The Kier molecular flexibility index (Phi) is 6.23. The third-order valence-corrected chi connectivity index (χ3v) is 6.11. The van der Waals surface area contributed by atoms with Gasteiger partial charge in [0.25, 0.3) is 0 Å². The predicted octanol–water partition coefficient (Wildman–Crippen LogP) is 3.89. The van der Waals surface area contributed by atoms with Crippen LogP contribution in [0.2, 0.25) is 0 Å². The molecule has 1 fully saturated rings. The lowest BCUT2D eigenvalue weighted by Crippen LogP contribution is -2.51. The second kappa shape index (κ2) is 9.21. The third-order valence-electron chi connectivity index (χ3n) is 4.97. The van der Waals surface area contributed by atoms with Gasteiger partial charge in [-0.25, -0.2) is 9.79 Å². The van der Waals surface area contributed by atoms with Crippen LogP contribution in [0.1, 0.15) is 18.9 Å². The van der Waals surface area contributed by atoms with Crippen LogP contribution in [-0.2, 0) is 14.3 Å². The lowest BCUT2D eigenvalue weighted by molar-refractivity contribution is -0.152. The van der Waals surface area contributed by atoms with E-state index in [1.54, 1.807) is 23.6 Å². The van der Waals surface area contributed by atoms with Gasteiger partial charge in [0.2, 0.25) is 6.79 Å². The fourth-order valence-electron chi connectivity index (χ4n) is 3.35. The Morgan fingerprint density at radius 1 is 0.967 bits per heavy atom. The first-order valence-electron chi connectivity index (χ1n) is 9.93. The lowest BCUT2D eigenvalue weighted by atomic mass is 10.1. The topological polar surface area (TPSA) is 71.4 Å². The molecule has 0 spiro atoms. The van der Waals surface area contributed by atoms with Gasteiger partial charge in [0, 0.05) is 48.0 Å². The van der Waals surface area contributed by atoms with Crippen molar-refractivity contribution >= 4 is 35.3 Å². The minimum atomic E-state index is -0.470. The van der Waals surface area contributed by atoms with E-state index in [1.165, 1.54) is 4.90 Å². The van der Waals surface area contributed by atoms with Gasteiger partial charge in [0.15, 0.2) is 0 Å². The van der Waals surface area contributed by atoms with E-state index < -0.39 is 12.1 Å². The molecule has 0 aromatic heterocycles. The first kappa shape index (κ1) is 20.3. The number of esters is 1. The van der Waals surface area contributed by atoms with Gasteiger partial charge in [-0.15, -0.1) is 0 Å². The number of ether oxygens (including phenoxy) is 2. The highest BCUT2D eigenvalue weighted by molar-refractivity contribution is 7.99. The summed E-state index contributed by atoms with van der Waals surface area (Å²) >= 11 is 1.72. The van der Waals surface area contributed by atoms with Crippen molar-refractivity contribution in [2.24, 2.45) is 4.99 Å². The van der Waals surface area contributed by atoms with Crippen LogP contribution in [0.15, 0.2) is 63.3 Å². The SMILES string of the molecule is CCC(=O)OCOC(=O)N1CCN(C2=Nc3ccccc3Sc3ccccc32)CC1. The number of hydrogen-bond acceptors (Lipinski definition) is 7. The molecule has 1 amide bonds. The number of amidine groups is 1. The van der Waals surface area contributed by atoms with Crippen LogP contribution in [0.25, 0.3) is 0 Å². The molecule has 0 N–H and O–H groups in total. The predicted molar refractivity (Wildman–Crippen MR) is 114 cm³/mol. The van der Waals surface area contributed by atoms with Gasteiger partial charge in [-0.1, -0.05) is 49.0 Å². The summed E-state index contributed by atoms with van der Waals surface area (Å²) in [5, 5.41) is 0. The van der Waals surface area contributed by atoms with E-state index in [0.717, 1.165) is 22.0 Å². The van der Waals surface area contributed by atoms with Crippen molar-refractivity contribution in [2.75, 3.05) is 33.0 Å². The van der Waals surface area contributed by atoms with Gasteiger partial charge in [-0.3, -0.25) is 4.79 Å². The largest absolute Gasteiger partial charge is 0.428 e. The maximum absolute atomic E-state index is 12.2. The van der Waals surface area contributed by atoms with Gasteiger partial charge in [0.1, 0.15) is 5.84 Å². The molecule has 2 aromatic carbocycles. The number of fused-ring (bicyclic) bond motifs is 2. The molecule has 156 valence electrons.